The van der Waals surface area contributed by atoms with Gasteiger partial charge in [-0.2, -0.15) is 0 Å². The molecule has 2 rings (SSSR count). The first-order chi connectivity index (χ1) is 8.94. The number of hydrogen-bond acceptors (Lipinski definition) is 4. The predicted octanol–water partition coefficient (Wildman–Crippen LogP) is 1.38. The highest BCUT2D eigenvalue weighted by atomic mass is 32.1. The summed E-state index contributed by atoms with van der Waals surface area (Å²) in [5, 5.41) is 8.62. The van der Waals surface area contributed by atoms with Crippen LogP contribution < -0.4 is 0 Å². The average Bonchev–Trinajstić information content (AvgIpc) is 2.86. The van der Waals surface area contributed by atoms with E-state index >= 15 is 0 Å². The molecule has 0 unspecified atom stereocenters. The third kappa shape index (κ3) is 2.86. The van der Waals surface area contributed by atoms with Crippen LogP contribution in [0.25, 0.3) is 0 Å². The maximum absolute atomic E-state index is 12.1. The van der Waals surface area contributed by atoms with Crippen LogP contribution in [0.3, 0.4) is 0 Å². The maximum Gasteiger partial charge on any atom is 0.235 e. The van der Waals surface area contributed by atoms with Crippen molar-refractivity contribution in [2.75, 3.05) is 6.61 Å². The number of carbonyl (C=O) groups is 2. The zero-order chi connectivity index (χ0) is 14.0. The minimum Gasteiger partial charge on any atom is -0.384 e. The molecule has 5 heteroatoms. The lowest BCUT2D eigenvalue weighted by Crippen LogP contribution is -2.32. The van der Waals surface area contributed by atoms with Crippen molar-refractivity contribution in [1.82, 2.24) is 4.90 Å². The van der Waals surface area contributed by atoms with Crippen LogP contribution in [0.15, 0.2) is 12.1 Å². The molecule has 19 heavy (non-hydrogen) atoms. The molecule has 0 saturated carbocycles. The Balaban J connectivity index is 2.12. The molecule has 0 bridgehead atoms. The monoisotopic (exact) mass is 277 g/mol. The molecule has 2 amide bonds. The molecule has 1 aliphatic rings. The lowest BCUT2D eigenvalue weighted by molar-refractivity contribution is -0.141. The molecule has 0 radical (unpaired) electrons. The summed E-state index contributed by atoms with van der Waals surface area (Å²) in [6.07, 6.45) is 0.272. The number of carbonyl (C=O) groups excluding carboxylic acids is 2. The average molecular weight is 277 g/mol. The highest BCUT2D eigenvalue weighted by Gasteiger charge is 2.44. The van der Waals surface area contributed by atoms with Crippen molar-refractivity contribution in [3.63, 3.8) is 0 Å². The first-order valence-electron chi connectivity index (χ1n) is 5.97. The van der Waals surface area contributed by atoms with Gasteiger partial charge in [0, 0.05) is 11.3 Å². The van der Waals surface area contributed by atoms with Gasteiger partial charge in [0.05, 0.1) is 16.8 Å². The van der Waals surface area contributed by atoms with Gasteiger partial charge in [-0.25, -0.2) is 0 Å². The molecule has 1 saturated heterocycles. The number of aliphatic hydroxyl groups is 1. The fourth-order valence-corrected chi connectivity index (χ4v) is 2.87. The number of rotatable bonds is 2. The minimum absolute atomic E-state index is 0.117. The van der Waals surface area contributed by atoms with Gasteiger partial charge in [0.15, 0.2) is 0 Å². The van der Waals surface area contributed by atoms with Gasteiger partial charge < -0.3 is 5.11 Å². The van der Waals surface area contributed by atoms with E-state index in [1.54, 1.807) is 13.8 Å². The van der Waals surface area contributed by atoms with Gasteiger partial charge >= 0.3 is 0 Å². The number of amides is 2. The molecule has 0 aliphatic carbocycles. The van der Waals surface area contributed by atoms with Crippen LogP contribution in [0.1, 0.15) is 30.0 Å². The number of hydrogen-bond donors (Lipinski definition) is 1. The van der Waals surface area contributed by atoms with Crippen molar-refractivity contribution >= 4 is 23.2 Å². The zero-order valence-corrected chi connectivity index (χ0v) is 11.7. The Morgan fingerprint density at radius 3 is 2.74 bits per heavy atom. The SMILES string of the molecule is CC1(C)CC(=O)N(Cc2ccc(C#CCO)s2)C1=O. The molecule has 0 spiro atoms. The second kappa shape index (κ2) is 5.16. The van der Waals surface area contributed by atoms with E-state index in [1.165, 1.54) is 16.2 Å². The first-order valence-corrected chi connectivity index (χ1v) is 6.79. The lowest BCUT2D eigenvalue weighted by atomic mass is 9.92. The molecular weight excluding hydrogens is 262 g/mol. The predicted molar refractivity (Wildman–Crippen MR) is 72.2 cm³/mol. The summed E-state index contributed by atoms with van der Waals surface area (Å²) in [7, 11) is 0. The van der Waals surface area contributed by atoms with Gasteiger partial charge in [-0.15, -0.1) is 11.3 Å². The number of aliphatic hydroxyl groups excluding tert-OH is 1. The van der Waals surface area contributed by atoms with E-state index in [9.17, 15) is 9.59 Å². The summed E-state index contributed by atoms with van der Waals surface area (Å²) in [6.45, 7) is 3.72. The molecule has 1 fully saturated rings. The Morgan fingerprint density at radius 1 is 1.42 bits per heavy atom. The second-order valence-corrected chi connectivity index (χ2v) is 6.24. The van der Waals surface area contributed by atoms with Crippen LogP contribution in [0, 0.1) is 17.3 Å². The summed E-state index contributed by atoms with van der Waals surface area (Å²) in [5.74, 6) is 5.14. The normalized spacial score (nSPS) is 17.5. The molecular formula is C14H15NO3S. The van der Waals surface area contributed by atoms with Crippen LogP contribution in [-0.2, 0) is 16.1 Å². The Labute approximate surface area is 116 Å². The van der Waals surface area contributed by atoms with E-state index in [0.717, 1.165) is 9.75 Å². The Morgan fingerprint density at radius 2 is 2.16 bits per heavy atom. The summed E-state index contributed by atoms with van der Waals surface area (Å²) >= 11 is 1.43. The molecule has 1 aliphatic heterocycles. The van der Waals surface area contributed by atoms with E-state index in [1.807, 2.05) is 12.1 Å². The number of thiophene rings is 1. The Hall–Kier alpha value is -1.64. The van der Waals surface area contributed by atoms with E-state index in [-0.39, 0.29) is 24.8 Å². The van der Waals surface area contributed by atoms with Crippen molar-refractivity contribution in [1.29, 1.82) is 0 Å². The quantitative estimate of drug-likeness (QED) is 0.656. The van der Waals surface area contributed by atoms with Gasteiger partial charge in [0.25, 0.3) is 0 Å². The van der Waals surface area contributed by atoms with Gasteiger partial charge in [-0.3, -0.25) is 14.5 Å². The summed E-state index contributed by atoms with van der Waals surface area (Å²) < 4.78 is 0. The zero-order valence-electron chi connectivity index (χ0n) is 10.9. The summed E-state index contributed by atoms with van der Waals surface area (Å²) in [4.78, 5) is 27.0. The molecule has 100 valence electrons. The molecule has 4 nitrogen and oxygen atoms in total. The van der Waals surface area contributed by atoms with Gasteiger partial charge in [0.2, 0.25) is 11.8 Å². The summed E-state index contributed by atoms with van der Waals surface area (Å²) in [6, 6.07) is 3.69. The van der Waals surface area contributed by atoms with Crippen molar-refractivity contribution < 1.29 is 14.7 Å². The highest BCUT2D eigenvalue weighted by molar-refractivity contribution is 7.12. The van der Waals surface area contributed by atoms with Crippen LogP contribution >= 0.6 is 11.3 Å². The maximum atomic E-state index is 12.1. The largest absolute Gasteiger partial charge is 0.384 e. The molecule has 1 aromatic rings. The first kappa shape index (κ1) is 13.8. The van der Waals surface area contributed by atoms with E-state index < -0.39 is 5.41 Å². The van der Waals surface area contributed by atoms with Gasteiger partial charge in [-0.05, 0) is 12.1 Å². The standard InChI is InChI=1S/C14H15NO3S/c1-14(2)8-12(17)15(13(14)18)9-11-6-5-10(19-11)4-3-7-16/h5-6,16H,7-9H2,1-2H3. The number of nitrogens with zero attached hydrogens (tertiary/aromatic N) is 1. The van der Waals surface area contributed by atoms with Crippen molar-refractivity contribution in [3.8, 4) is 11.8 Å². The molecule has 1 aromatic heterocycles. The van der Waals surface area contributed by atoms with Crippen molar-refractivity contribution in [2.45, 2.75) is 26.8 Å². The van der Waals surface area contributed by atoms with Crippen molar-refractivity contribution in [3.05, 3.63) is 21.9 Å². The molecule has 1 N–H and O–H groups in total. The molecule has 0 aromatic carbocycles. The number of likely N-dealkylation sites (tertiary alicyclic amines) is 1. The third-order valence-electron chi connectivity index (χ3n) is 2.98. The van der Waals surface area contributed by atoms with Gasteiger partial charge in [-0.1, -0.05) is 25.7 Å². The van der Waals surface area contributed by atoms with E-state index in [2.05, 4.69) is 11.8 Å². The van der Waals surface area contributed by atoms with Crippen molar-refractivity contribution in [2.24, 2.45) is 5.41 Å². The summed E-state index contributed by atoms with van der Waals surface area (Å²) in [5.41, 5.74) is -0.589. The van der Waals surface area contributed by atoms with Crippen LogP contribution in [0.4, 0.5) is 0 Å². The number of imide groups is 1. The topological polar surface area (TPSA) is 57.6 Å². The highest BCUT2D eigenvalue weighted by Crippen LogP contribution is 2.33. The molecule has 0 atom stereocenters. The lowest BCUT2D eigenvalue weighted by Gasteiger charge is -2.16. The molecule has 2 heterocycles. The fraction of sp³-hybridized carbons (Fsp3) is 0.429. The minimum atomic E-state index is -0.589. The smallest absolute Gasteiger partial charge is 0.235 e. The Bertz CT molecular complexity index is 577. The van der Waals surface area contributed by atoms with Crippen LogP contribution in [0.5, 0.6) is 0 Å². The fourth-order valence-electron chi connectivity index (χ4n) is 2.00. The second-order valence-electron chi connectivity index (χ2n) is 5.07. The van der Waals surface area contributed by atoms with E-state index in [4.69, 9.17) is 5.11 Å². The van der Waals surface area contributed by atoms with E-state index in [0.29, 0.717) is 6.54 Å². The third-order valence-corrected chi connectivity index (χ3v) is 3.97. The Kier molecular flexibility index (Phi) is 3.74. The van der Waals surface area contributed by atoms with Gasteiger partial charge in [0.1, 0.15) is 6.61 Å². The van der Waals surface area contributed by atoms with Crippen LogP contribution in [0.2, 0.25) is 0 Å². The van der Waals surface area contributed by atoms with Crippen LogP contribution in [-0.4, -0.2) is 28.4 Å².